The fourth-order valence-electron chi connectivity index (χ4n) is 2.34. The topological polar surface area (TPSA) is 72.9 Å². The second-order valence-corrected chi connectivity index (χ2v) is 6.41. The fraction of sp³-hybridized carbons (Fsp3) is 0.438. The average molecular weight is 337 g/mol. The van der Waals surface area contributed by atoms with Crippen LogP contribution in [0.2, 0.25) is 0 Å². The van der Waals surface area contributed by atoms with Crippen molar-refractivity contribution in [3.8, 4) is 0 Å². The Morgan fingerprint density at radius 1 is 1.13 bits per heavy atom. The highest BCUT2D eigenvalue weighted by molar-refractivity contribution is 8.00. The van der Waals surface area contributed by atoms with Gasteiger partial charge in [0, 0.05) is 23.9 Å². The van der Waals surface area contributed by atoms with Gasteiger partial charge in [-0.05, 0) is 30.7 Å². The summed E-state index contributed by atoms with van der Waals surface area (Å²) in [4.78, 5) is 36.8. The maximum atomic E-state index is 12.4. The van der Waals surface area contributed by atoms with E-state index in [0.29, 0.717) is 30.0 Å². The Hall–Kier alpha value is -2.02. The van der Waals surface area contributed by atoms with Crippen LogP contribution in [0.25, 0.3) is 0 Å². The number of rotatable bonds is 5. The highest BCUT2D eigenvalue weighted by Crippen LogP contribution is 2.24. The van der Waals surface area contributed by atoms with Gasteiger partial charge in [0.1, 0.15) is 0 Å². The molecule has 0 unspecified atom stereocenters. The maximum absolute atomic E-state index is 12.4. The second-order valence-electron chi connectivity index (χ2n) is 5.12. The summed E-state index contributed by atoms with van der Waals surface area (Å²) in [6.45, 7) is 1.27. The van der Waals surface area contributed by atoms with Gasteiger partial charge in [-0.1, -0.05) is 0 Å². The maximum Gasteiger partial charge on any atom is 0.337 e. The third kappa shape index (κ3) is 4.48. The van der Waals surface area contributed by atoms with E-state index in [1.807, 2.05) is 0 Å². The second kappa shape index (κ2) is 8.01. The molecule has 0 aliphatic carbocycles. The highest BCUT2D eigenvalue weighted by atomic mass is 32.2. The van der Waals surface area contributed by atoms with E-state index in [0.717, 1.165) is 6.42 Å². The molecule has 1 aliphatic rings. The van der Waals surface area contributed by atoms with E-state index in [4.69, 9.17) is 0 Å². The number of likely N-dealkylation sites (tertiary alicyclic amines) is 1. The number of ether oxygens (including phenoxy) is 2. The predicted octanol–water partition coefficient (Wildman–Crippen LogP) is 1.59. The molecule has 1 fully saturated rings. The first-order valence-corrected chi connectivity index (χ1v) is 8.26. The van der Waals surface area contributed by atoms with Crippen LogP contribution in [0.1, 0.15) is 27.1 Å². The van der Waals surface area contributed by atoms with Crippen molar-refractivity contribution in [2.45, 2.75) is 11.7 Å². The molecule has 0 aromatic heterocycles. The summed E-state index contributed by atoms with van der Waals surface area (Å²) in [5.41, 5.74) is 0.952. The largest absolute Gasteiger partial charge is 0.468 e. The van der Waals surface area contributed by atoms with Crippen molar-refractivity contribution in [2.24, 2.45) is 0 Å². The van der Waals surface area contributed by atoms with Crippen LogP contribution in [0.4, 0.5) is 0 Å². The normalized spacial score (nSPS) is 17.0. The van der Waals surface area contributed by atoms with Crippen LogP contribution in [0.3, 0.4) is 0 Å². The molecule has 7 heteroatoms. The molecule has 0 saturated carbocycles. The van der Waals surface area contributed by atoms with E-state index in [2.05, 4.69) is 9.47 Å². The van der Waals surface area contributed by atoms with Gasteiger partial charge in [0.2, 0.25) is 0 Å². The van der Waals surface area contributed by atoms with Crippen LogP contribution in [0, 0.1) is 0 Å². The van der Waals surface area contributed by atoms with Crippen molar-refractivity contribution in [3.05, 3.63) is 35.4 Å². The summed E-state index contributed by atoms with van der Waals surface area (Å²) in [6.07, 6.45) is 0.855. The summed E-state index contributed by atoms with van der Waals surface area (Å²) >= 11 is 1.51. The molecule has 1 saturated heterocycles. The number of carbonyl (C=O) groups excluding carboxylic acids is 3. The lowest BCUT2D eigenvalue weighted by atomic mass is 10.1. The number of nitrogens with zero attached hydrogens (tertiary/aromatic N) is 1. The zero-order chi connectivity index (χ0) is 16.8. The first-order valence-electron chi connectivity index (χ1n) is 7.21. The van der Waals surface area contributed by atoms with Crippen molar-refractivity contribution in [3.63, 3.8) is 0 Å². The lowest BCUT2D eigenvalue weighted by molar-refractivity contribution is -0.137. The molecule has 124 valence electrons. The fourth-order valence-corrected chi connectivity index (χ4v) is 3.39. The van der Waals surface area contributed by atoms with Crippen LogP contribution in [-0.4, -0.2) is 61.1 Å². The first-order chi connectivity index (χ1) is 11.0. The van der Waals surface area contributed by atoms with Crippen LogP contribution in [0.5, 0.6) is 0 Å². The van der Waals surface area contributed by atoms with E-state index in [1.54, 1.807) is 29.2 Å². The molecule has 1 amide bonds. The molecule has 1 aromatic rings. The van der Waals surface area contributed by atoms with Gasteiger partial charge >= 0.3 is 11.9 Å². The Balaban J connectivity index is 1.91. The van der Waals surface area contributed by atoms with E-state index in [9.17, 15) is 14.4 Å². The summed E-state index contributed by atoms with van der Waals surface area (Å²) in [7, 11) is 2.68. The van der Waals surface area contributed by atoms with E-state index >= 15 is 0 Å². The Bertz CT molecular complexity index is 587. The van der Waals surface area contributed by atoms with Crippen molar-refractivity contribution in [1.29, 1.82) is 0 Å². The minimum Gasteiger partial charge on any atom is -0.468 e. The highest BCUT2D eigenvalue weighted by Gasteiger charge is 2.27. The molecule has 6 nitrogen and oxygen atoms in total. The number of methoxy groups -OCH3 is 2. The predicted molar refractivity (Wildman–Crippen MR) is 86.6 cm³/mol. The third-order valence-corrected chi connectivity index (χ3v) is 4.91. The number of esters is 2. The van der Waals surface area contributed by atoms with E-state index < -0.39 is 5.97 Å². The van der Waals surface area contributed by atoms with E-state index in [-0.39, 0.29) is 17.1 Å². The molecular formula is C16H19NO5S. The summed E-state index contributed by atoms with van der Waals surface area (Å²) in [5, 5.41) is 0.243. The number of benzene rings is 1. The third-order valence-electron chi connectivity index (χ3n) is 3.65. The summed E-state index contributed by atoms with van der Waals surface area (Å²) in [5.74, 6) is -0.443. The van der Waals surface area contributed by atoms with E-state index in [1.165, 1.54) is 26.0 Å². The molecule has 0 spiro atoms. The van der Waals surface area contributed by atoms with Gasteiger partial charge in [-0.2, -0.15) is 0 Å². The number of hydrogen-bond acceptors (Lipinski definition) is 6. The Kier molecular flexibility index (Phi) is 6.04. The standard InChI is InChI=1S/C16H19NO5S/c1-21-14(18)10-23-13-7-8-17(9-13)15(19)11-3-5-12(6-4-11)16(20)22-2/h3-6,13H,7-10H2,1-2H3/t13-/m0/s1. The molecule has 1 aromatic carbocycles. The lowest BCUT2D eigenvalue weighted by Crippen LogP contribution is -2.29. The van der Waals surface area contributed by atoms with Crippen molar-refractivity contribution in [1.82, 2.24) is 4.90 Å². The van der Waals surface area contributed by atoms with Gasteiger partial charge in [0.05, 0.1) is 25.5 Å². The van der Waals surface area contributed by atoms with Gasteiger partial charge in [-0.15, -0.1) is 11.8 Å². The summed E-state index contributed by atoms with van der Waals surface area (Å²) < 4.78 is 9.25. The minimum absolute atomic E-state index is 0.0671. The number of carbonyl (C=O) groups is 3. The van der Waals surface area contributed by atoms with Crippen LogP contribution in [-0.2, 0) is 14.3 Å². The Labute approximate surface area is 139 Å². The van der Waals surface area contributed by atoms with Crippen LogP contribution >= 0.6 is 11.8 Å². The first kappa shape index (κ1) is 17.3. The molecule has 0 radical (unpaired) electrons. The van der Waals surface area contributed by atoms with Gasteiger partial charge in [0.15, 0.2) is 0 Å². The molecule has 1 aliphatic heterocycles. The molecular weight excluding hydrogens is 318 g/mol. The van der Waals surface area contributed by atoms with Crippen molar-refractivity contribution < 1.29 is 23.9 Å². The number of thioether (sulfide) groups is 1. The Morgan fingerprint density at radius 3 is 2.39 bits per heavy atom. The Morgan fingerprint density at radius 2 is 1.78 bits per heavy atom. The zero-order valence-electron chi connectivity index (χ0n) is 13.1. The zero-order valence-corrected chi connectivity index (χ0v) is 13.9. The molecule has 0 N–H and O–H groups in total. The minimum atomic E-state index is -0.426. The molecule has 1 heterocycles. The van der Waals surface area contributed by atoms with Gasteiger partial charge in [0.25, 0.3) is 5.91 Å². The molecule has 2 rings (SSSR count). The van der Waals surface area contributed by atoms with Gasteiger partial charge in [-0.3, -0.25) is 9.59 Å². The molecule has 1 atom stereocenters. The molecule has 0 bridgehead atoms. The van der Waals surface area contributed by atoms with Crippen molar-refractivity contribution in [2.75, 3.05) is 33.1 Å². The quantitative estimate of drug-likeness (QED) is 0.760. The van der Waals surface area contributed by atoms with Gasteiger partial charge < -0.3 is 14.4 Å². The summed E-state index contributed by atoms with van der Waals surface area (Å²) in [6, 6.07) is 6.42. The monoisotopic (exact) mass is 337 g/mol. The SMILES string of the molecule is COC(=O)CS[C@H]1CCN(C(=O)c2ccc(C(=O)OC)cc2)C1. The van der Waals surface area contributed by atoms with Gasteiger partial charge in [-0.25, -0.2) is 4.79 Å². The van der Waals surface area contributed by atoms with Crippen molar-refractivity contribution >= 4 is 29.6 Å². The number of amides is 1. The lowest BCUT2D eigenvalue weighted by Gasteiger charge is -2.16. The molecule has 23 heavy (non-hydrogen) atoms. The van der Waals surface area contributed by atoms with Crippen LogP contribution < -0.4 is 0 Å². The average Bonchev–Trinajstić information content (AvgIpc) is 3.07. The number of hydrogen-bond donors (Lipinski definition) is 0. The smallest absolute Gasteiger partial charge is 0.337 e. The van der Waals surface area contributed by atoms with Crippen LogP contribution in [0.15, 0.2) is 24.3 Å².